The minimum atomic E-state index is -0.492. The Labute approximate surface area is 159 Å². The largest absolute Gasteiger partial charge is 0.494 e. The number of carbonyl (C=O) groups is 1. The monoisotopic (exact) mass is 372 g/mol. The molecule has 4 nitrogen and oxygen atoms in total. The van der Waals surface area contributed by atoms with Gasteiger partial charge in [0.05, 0.1) is 6.61 Å². The summed E-state index contributed by atoms with van der Waals surface area (Å²) in [6.45, 7) is 5.54. The van der Waals surface area contributed by atoms with Crippen molar-refractivity contribution in [3.63, 3.8) is 0 Å². The zero-order valence-corrected chi connectivity index (χ0v) is 16.5. The predicted octanol–water partition coefficient (Wildman–Crippen LogP) is 5.28. The molecule has 26 heavy (non-hydrogen) atoms. The fourth-order valence-corrected chi connectivity index (χ4v) is 4.34. The highest BCUT2D eigenvalue weighted by Crippen LogP contribution is 2.39. The highest BCUT2D eigenvalue weighted by atomic mass is 32.1. The van der Waals surface area contributed by atoms with Gasteiger partial charge in [0.1, 0.15) is 16.5 Å². The molecule has 3 rings (SSSR count). The first kappa shape index (κ1) is 18.9. The van der Waals surface area contributed by atoms with Gasteiger partial charge in [-0.3, -0.25) is 4.79 Å². The first-order chi connectivity index (χ1) is 12.4. The van der Waals surface area contributed by atoms with E-state index >= 15 is 0 Å². The minimum Gasteiger partial charge on any atom is -0.494 e. The number of hydrogen-bond acceptors (Lipinski definition) is 4. The first-order valence-electron chi connectivity index (χ1n) is 9.41. The van der Waals surface area contributed by atoms with Crippen LogP contribution in [0.25, 0.3) is 10.6 Å². The van der Waals surface area contributed by atoms with Crippen LogP contribution >= 0.6 is 11.3 Å². The molecule has 2 aromatic rings. The maximum Gasteiger partial charge on any atom is 0.268 e. The number of hydrogen-bond donors (Lipinski definition) is 1. The molecule has 1 fully saturated rings. The van der Waals surface area contributed by atoms with Crippen molar-refractivity contribution in [2.45, 2.75) is 52.4 Å². The molecular weight excluding hydrogens is 344 g/mol. The lowest BCUT2D eigenvalue weighted by molar-refractivity contribution is 0.0996. The molecule has 1 aliphatic carbocycles. The second kappa shape index (κ2) is 8.21. The summed E-state index contributed by atoms with van der Waals surface area (Å²) in [5.74, 6) is 1.26. The SMILES string of the molecule is CC1(C)CCC(CCCOc2ccc(-c3nc(C(N)=O)cs3)cc2)CC1. The number of rotatable bonds is 7. The number of amides is 1. The van der Waals surface area contributed by atoms with E-state index in [0.29, 0.717) is 11.1 Å². The predicted molar refractivity (Wildman–Crippen MR) is 107 cm³/mol. The molecule has 1 aromatic carbocycles. The summed E-state index contributed by atoms with van der Waals surface area (Å²) in [6, 6.07) is 7.87. The molecule has 0 radical (unpaired) electrons. The van der Waals surface area contributed by atoms with Crippen molar-refractivity contribution in [1.29, 1.82) is 0 Å². The van der Waals surface area contributed by atoms with E-state index < -0.39 is 5.91 Å². The molecule has 0 atom stereocenters. The Morgan fingerprint density at radius 3 is 2.58 bits per heavy atom. The lowest BCUT2D eigenvalue weighted by atomic mass is 9.72. The number of thiazole rings is 1. The van der Waals surface area contributed by atoms with E-state index in [1.807, 2.05) is 24.3 Å². The van der Waals surface area contributed by atoms with Crippen molar-refractivity contribution in [3.8, 4) is 16.3 Å². The lowest BCUT2D eigenvalue weighted by Crippen LogP contribution is -2.21. The van der Waals surface area contributed by atoms with Gasteiger partial charge in [0, 0.05) is 10.9 Å². The summed E-state index contributed by atoms with van der Waals surface area (Å²) < 4.78 is 5.88. The van der Waals surface area contributed by atoms with E-state index in [4.69, 9.17) is 10.5 Å². The van der Waals surface area contributed by atoms with Crippen LogP contribution < -0.4 is 10.5 Å². The summed E-state index contributed by atoms with van der Waals surface area (Å²) in [7, 11) is 0. The molecule has 1 aliphatic rings. The Morgan fingerprint density at radius 1 is 1.27 bits per heavy atom. The van der Waals surface area contributed by atoms with Crippen LogP contribution in [-0.4, -0.2) is 17.5 Å². The van der Waals surface area contributed by atoms with Gasteiger partial charge in [0.15, 0.2) is 0 Å². The second-order valence-corrected chi connectivity index (χ2v) is 8.88. The molecule has 1 aromatic heterocycles. The highest BCUT2D eigenvalue weighted by molar-refractivity contribution is 7.13. The summed E-state index contributed by atoms with van der Waals surface area (Å²) in [4.78, 5) is 15.4. The third-order valence-electron chi connectivity index (χ3n) is 5.34. The van der Waals surface area contributed by atoms with Crippen LogP contribution in [0.1, 0.15) is 62.9 Å². The van der Waals surface area contributed by atoms with Crippen LogP contribution in [0, 0.1) is 11.3 Å². The third-order valence-corrected chi connectivity index (χ3v) is 6.23. The Morgan fingerprint density at radius 2 is 1.96 bits per heavy atom. The third kappa shape index (κ3) is 5.07. The molecule has 0 bridgehead atoms. The van der Waals surface area contributed by atoms with Crippen molar-refractivity contribution in [3.05, 3.63) is 35.3 Å². The van der Waals surface area contributed by atoms with Gasteiger partial charge < -0.3 is 10.5 Å². The molecule has 0 saturated heterocycles. The van der Waals surface area contributed by atoms with Crippen LogP contribution in [0.15, 0.2) is 29.6 Å². The molecule has 1 heterocycles. The van der Waals surface area contributed by atoms with Crippen molar-refractivity contribution in [2.24, 2.45) is 17.1 Å². The molecular formula is C21H28N2O2S. The Balaban J connectivity index is 1.42. The van der Waals surface area contributed by atoms with Gasteiger partial charge in [-0.05, 0) is 74.1 Å². The van der Waals surface area contributed by atoms with Crippen molar-refractivity contribution < 1.29 is 9.53 Å². The minimum absolute atomic E-state index is 0.316. The van der Waals surface area contributed by atoms with Crippen LogP contribution in [0.5, 0.6) is 5.75 Å². The normalized spacial score (nSPS) is 17.2. The summed E-state index contributed by atoms with van der Waals surface area (Å²) in [5.41, 5.74) is 7.08. The van der Waals surface area contributed by atoms with Crippen LogP contribution in [0.2, 0.25) is 0 Å². The fraction of sp³-hybridized carbons (Fsp3) is 0.524. The number of benzene rings is 1. The summed E-state index contributed by atoms with van der Waals surface area (Å²) in [6.07, 6.45) is 7.82. The van der Waals surface area contributed by atoms with Gasteiger partial charge >= 0.3 is 0 Å². The molecule has 2 N–H and O–H groups in total. The molecule has 1 amide bonds. The summed E-state index contributed by atoms with van der Waals surface area (Å²) in [5, 5.41) is 2.49. The van der Waals surface area contributed by atoms with Gasteiger partial charge in [-0.2, -0.15) is 0 Å². The Kier molecular flexibility index (Phi) is 5.97. The zero-order valence-electron chi connectivity index (χ0n) is 15.7. The highest BCUT2D eigenvalue weighted by Gasteiger charge is 2.26. The molecule has 0 aliphatic heterocycles. The molecule has 5 heteroatoms. The molecule has 140 valence electrons. The maximum absolute atomic E-state index is 11.1. The maximum atomic E-state index is 11.1. The number of carbonyl (C=O) groups excluding carboxylic acids is 1. The average molecular weight is 373 g/mol. The van der Waals surface area contributed by atoms with Gasteiger partial charge in [0.2, 0.25) is 0 Å². The van der Waals surface area contributed by atoms with Gasteiger partial charge in [0.25, 0.3) is 5.91 Å². The fourth-order valence-electron chi connectivity index (χ4n) is 3.52. The van der Waals surface area contributed by atoms with E-state index in [9.17, 15) is 4.79 Å². The number of aromatic nitrogens is 1. The van der Waals surface area contributed by atoms with Gasteiger partial charge in [-0.1, -0.05) is 13.8 Å². The average Bonchev–Trinajstić information content (AvgIpc) is 3.11. The van der Waals surface area contributed by atoms with Crippen LogP contribution in [0.3, 0.4) is 0 Å². The smallest absolute Gasteiger partial charge is 0.268 e. The Bertz CT molecular complexity index is 727. The van der Waals surface area contributed by atoms with Crippen molar-refractivity contribution >= 4 is 17.2 Å². The van der Waals surface area contributed by atoms with Crippen LogP contribution in [-0.2, 0) is 0 Å². The zero-order chi connectivity index (χ0) is 18.6. The first-order valence-corrected chi connectivity index (χ1v) is 10.3. The van der Waals surface area contributed by atoms with E-state index in [-0.39, 0.29) is 0 Å². The lowest BCUT2D eigenvalue weighted by Gasteiger charge is -2.34. The number of primary amides is 1. The molecule has 0 spiro atoms. The van der Waals surface area contributed by atoms with Gasteiger partial charge in [-0.15, -0.1) is 11.3 Å². The van der Waals surface area contributed by atoms with Gasteiger partial charge in [-0.25, -0.2) is 4.98 Å². The molecule has 0 unspecified atom stereocenters. The van der Waals surface area contributed by atoms with E-state index in [2.05, 4.69) is 18.8 Å². The number of ether oxygens (including phenoxy) is 1. The van der Waals surface area contributed by atoms with E-state index in [1.54, 1.807) is 5.38 Å². The van der Waals surface area contributed by atoms with Crippen molar-refractivity contribution in [2.75, 3.05) is 6.61 Å². The van der Waals surface area contributed by atoms with Crippen LogP contribution in [0.4, 0.5) is 0 Å². The topological polar surface area (TPSA) is 65.2 Å². The van der Waals surface area contributed by atoms with E-state index in [1.165, 1.54) is 43.4 Å². The Hall–Kier alpha value is -1.88. The second-order valence-electron chi connectivity index (χ2n) is 8.02. The quantitative estimate of drug-likeness (QED) is 0.672. The molecule has 1 saturated carbocycles. The standard InChI is InChI=1S/C21H28N2O2S/c1-21(2)11-9-15(10-12-21)4-3-13-25-17-7-5-16(6-8-17)20-23-18(14-26-20)19(22)24/h5-8,14-15H,3-4,9-13H2,1-2H3,(H2,22,24). The van der Waals surface area contributed by atoms with Crippen molar-refractivity contribution in [1.82, 2.24) is 4.98 Å². The van der Waals surface area contributed by atoms with E-state index in [0.717, 1.165) is 35.3 Å². The summed E-state index contributed by atoms with van der Waals surface area (Å²) >= 11 is 1.42. The number of nitrogens with zero attached hydrogens (tertiary/aromatic N) is 1. The number of nitrogens with two attached hydrogens (primary N) is 1.